The molecule has 1 aliphatic heterocycles. The van der Waals surface area contributed by atoms with Crippen molar-refractivity contribution in [1.82, 2.24) is 15.3 Å². The molecule has 0 saturated carbocycles. The molecule has 1 unspecified atom stereocenters. The van der Waals surface area contributed by atoms with E-state index in [0.717, 1.165) is 17.3 Å². The fourth-order valence-electron chi connectivity index (χ4n) is 2.64. The summed E-state index contributed by atoms with van der Waals surface area (Å²) in [7, 11) is 0. The SMILES string of the molecule is CCOC(=O)c1cnc(SCC(=O)NC(C)c2ccc3c(c2)OCCO3)nc1N. The van der Waals surface area contributed by atoms with Crippen molar-refractivity contribution in [2.75, 3.05) is 31.3 Å². The number of hydrogen-bond acceptors (Lipinski definition) is 9. The van der Waals surface area contributed by atoms with Gasteiger partial charge in [0.25, 0.3) is 0 Å². The fraction of sp³-hybridized carbons (Fsp3) is 0.368. The maximum atomic E-state index is 12.3. The Balaban J connectivity index is 1.54. The Morgan fingerprint density at radius 1 is 1.31 bits per heavy atom. The van der Waals surface area contributed by atoms with Crippen LogP contribution in [0.2, 0.25) is 0 Å². The van der Waals surface area contributed by atoms with E-state index in [1.54, 1.807) is 6.92 Å². The van der Waals surface area contributed by atoms with E-state index in [4.69, 9.17) is 19.9 Å². The maximum absolute atomic E-state index is 12.3. The van der Waals surface area contributed by atoms with Crippen LogP contribution in [0.3, 0.4) is 0 Å². The molecule has 3 N–H and O–H groups in total. The molecule has 1 aromatic carbocycles. The number of nitrogens with two attached hydrogens (primary N) is 1. The number of fused-ring (bicyclic) bond motifs is 1. The number of amides is 1. The molecule has 154 valence electrons. The lowest BCUT2D eigenvalue weighted by Gasteiger charge is -2.21. The number of thioether (sulfide) groups is 1. The molecule has 29 heavy (non-hydrogen) atoms. The van der Waals surface area contributed by atoms with E-state index >= 15 is 0 Å². The van der Waals surface area contributed by atoms with E-state index < -0.39 is 5.97 Å². The molecule has 0 spiro atoms. The number of hydrogen-bond donors (Lipinski definition) is 2. The van der Waals surface area contributed by atoms with Crippen LogP contribution in [0, 0.1) is 0 Å². The Morgan fingerprint density at radius 3 is 2.79 bits per heavy atom. The van der Waals surface area contributed by atoms with Crippen molar-refractivity contribution in [3.05, 3.63) is 35.5 Å². The number of carbonyl (C=O) groups is 2. The third-order valence-corrected chi connectivity index (χ3v) is 4.93. The summed E-state index contributed by atoms with van der Waals surface area (Å²) >= 11 is 1.13. The number of nitrogens with one attached hydrogen (secondary N) is 1. The highest BCUT2D eigenvalue weighted by atomic mass is 32.2. The summed E-state index contributed by atoms with van der Waals surface area (Å²) in [6.45, 7) is 4.85. The molecule has 1 aromatic heterocycles. The predicted octanol–water partition coefficient (Wildman–Crippen LogP) is 1.98. The maximum Gasteiger partial charge on any atom is 0.343 e. The van der Waals surface area contributed by atoms with E-state index in [9.17, 15) is 9.59 Å². The number of esters is 1. The predicted molar refractivity (Wildman–Crippen MR) is 107 cm³/mol. The van der Waals surface area contributed by atoms with Gasteiger partial charge in [0.1, 0.15) is 24.6 Å². The van der Waals surface area contributed by atoms with Gasteiger partial charge in [0.05, 0.1) is 18.4 Å². The van der Waals surface area contributed by atoms with E-state index in [-0.39, 0.29) is 35.7 Å². The van der Waals surface area contributed by atoms with Gasteiger partial charge in [-0.05, 0) is 31.5 Å². The molecule has 3 rings (SSSR count). The molecule has 0 bridgehead atoms. The van der Waals surface area contributed by atoms with Crippen LogP contribution >= 0.6 is 11.8 Å². The van der Waals surface area contributed by atoms with Gasteiger partial charge in [0, 0.05) is 6.20 Å². The number of aromatic nitrogens is 2. The molecule has 2 aromatic rings. The summed E-state index contributed by atoms with van der Waals surface area (Å²) < 4.78 is 16.0. The van der Waals surface area contributed by atoms with E-state index in [0.29, 0.717) is 29.9 Å². The third-order valence-electron chi connectivity index (χ3n) is 4.07. The number of rotatable bonds is 7. The van der Waals surface area contributed by atoms with E-state index in [1.165, 1.54) is 6.20 Å². The molecule has 10 heteroatoms. The Kier molecular flexibility index (Phi) is 6.76. The van der Waals surface area contributed by atoms with Crippen LogP contribution in [0.25, 0.3) is 0 Å². The summed E-state index contributed by atoms with van der Waals surface area (Å²) in [5.74, 6) is 0.741. The number of anilines is 1. The number of ether oxygens (including phenoxy) is 3. The number of carbonyl (C=O) groups excluding carboxylic acids is 2. The van der Waals surface area contributed by atoms with Crippen molar-refractivity contribution in [3.8, 4) is 11.5 Å². The Morgan fingerprint density at radius 2 is 2.07 bits per heavy atom. The lowest BCUT2D eigenvalue weighted by molar-refractivity contribution is -0.119. The van der Waals surface area contributed by atoms with Crippen molar-refractivity contribution < 1.29 is 23.8 Å². The van der Waals surface area contributed by atoms with E-state index in [1.807, 2.05) is 25.1 Å². The van der Waals surface area contributed by atoms with Crippen LogP contribution < -0.4 is 20.5 Å². The van der Waals surface area contributed by atoms with Crippen molar-refractivity contribution in [2.45, 2.75) is 25.0 Å². The van der Waals surface area contributed by atoms with Gasteiger partial charge in [-0.2, -0.15) is 0 Å². The average molecular weight is 418 g/mol. The molecule has 1 aliphatic rings. The van der Waals surface area contributed by atoms with Crippen molar-refractivity contribution in [1.29, 1.82) is 0 Å². The Labute approximate surface area is 172 Å². The van der Waals surface area contributed by atoms with Crippen molar-refractivity contribution >= 4 is 29.5 Å². The second kappa shape index (κ2) is 9.46. The fourth-order valence-corrected chi connectivity index (χ4v) is 3.27. The molecule has 1 amide bonds. The van der Waals surface area contributed by atoms with Gasteiger partial charge in [-0.15, -0.1) is 0 Å². The summed E-state index contributed by atoms with van der Waals surface area (Å²) in [5.41, 5.74) is 6.80. The molecule has 9 nitrogen and oxygen atoms in total. The molecule has 2 heterocycles. The lowest BCUT2D eigenvalue weighted by Crippen LogP contribution is -2.28. The van der Waals surface area contributed by atoms with Crippen LogP contribution in [0.4, 0.5) is 5.82 Å². The first-order valence-corrected chi connectivity index (χ1v) is 10.1. The van der Waals surface area contributed by atoms with Gasteiger partial charge in [-0.3, -0.25) is 4.79 Å². The molecular formula is C19H22N4O5S. The van der Waals surface area contributed by atoms with Gasteiger partial charge in [-0.1, -0.05) is 17.8 Å². The normalized spacial score (nSPS) is 13.4. The van der Waals surface area contributed by atoms with Crippen molar-refractivity contribution in [3.63, 3.8) is 0 Å². The van der Waals surface area contributed by atoms with Gasteiger partial charge in [0.2, 0.25) is 5.91 Å². The monoisotopic (exact) mass is 418 g/mol. The average Bonchev–Trinajstić information content (AvgIpc) is 2.72. The Bertz CT molecular complexity index is 908. The van der Waals surface area contributed by atoms with E-state index in [2.05, 4.69) is 15.3 Å². The Hall–Kier alpha value is -3.01. The van der Waals surface area contributed by atoms with Gasteiger partial charge in [-0.25, -0.2) is 14.8 Å². The second-order valence-corrected chi connectivity index (χ2v) is 7.10. The molecule has 1 atom stereocenters. The topological polar surface area (TPSA) is 126 Å². The third kappa shape index (κ3) is 5.29. The molecule has 0 saturated heterocycles. The molecule has 0 aliphatic carbocycles. The largest absolute Gasteiger partial charge is 0.486 e. The highest BCUT2D eigenvalue weighted by Crippen LogP contribution is 2.32. The van der Waals surface area contributed by atoms with Crippen LogP contribution in [0.5, 0.6) is 11.5 Å². The quantitative estimate of drug-likeness (QED) is 0.394. The van der Waals surface area contributed by atoms with Crippen LogP contribution in [0.1, 0.15) is 35.8 Å². The highest BCUT2D eigenvalue weighted by molar-refractivity contribution is 7.99. The smallest absolute Gasteiger partial charge is 0.343 e. The summed E-state index contributed by atoms with van der Waals surface area (Å²) in [5, 5.41) is 3.22. The van der Waals surface area contributed by atoms with Crippen LogP contribution in [0.15, 0.2) is 29.6 Å². The first kappa shape index (κ1) is 20.7. The first-order chi connectivity index (χ1) is 14.0. The zero-order valence-electron chi connectivity index (χ0n) is 16.1. The van der Waals surface area contributed by atoms with Gasteiger partial charge < -0.3 is 25.3 Å². The standard InChI is InChI=1S/C19H22N4O5S/c1-3-26-18(25)13-9-21-19(23-17(13)20)29-10-16(24)22-11(2)12-4-5-14-15(8-12)28-7-6-27-14/h4-5,8-9,11H,3,6-7,10H2,1-2H3,(H,22,24)(H2,20,21,23). The van der Waals surface area contributed by atoms with Gasteiger partial charge in [0.15, 0.2) is 16.7 Å². The molecule has 0 radical (unpaired) electrons. The zero-order chi connectivity index (χ0) is 20.8. The lowest BCUT2D eigenvalue weighted by atomic mass is 10.1. The minimum atomic E-state index is -0.576. The molecule has 0 fully saturated rings. The first-order valence-electron chi connectivity index (χ1n) is 9.09. The summed E-state index contributed by atoms with van der Waals surface area (Å²) in [4.78, 5) is 32.1. The minimum Gasteiger partial charge on any atom is -0.486 e. The van der Waals surface area contributed by atoms with Gasteiger partial charge >= 0.3 is 5.97 Å². The summed E-state index contributed by atoms with van der Waals surface area (Å²) in [6.07, 6.45) is 1.30. The number of nitrogens with zero attached hydrogens (tertiary/aromatic N) is 2. The van der Waals surface area contributed by atoms with Crippen molar-refractivity contribution in [2.24, 2.45) is 0 Å². The highest BCUT2D eigenvalue weighted by Gasteiger charge is 2.17. The minimum absolute atomic E-state index is 0.0194. The number of benzene rings is 1. The second-order valence-electron chi connectivity index (χ2n) is 6.15. The van der Waals surface area contributed by atoms with Crippen LogP contribution in [-0.4, -0.2) is 47.4 Å². The summed E-state index contributed by atoms with van der Waals surface area (Å²) in [6, 6.07) is 5.38. The molecular weight excluding hydrogens is 396 g/mol. The zero-order valence-corrected chi connectivity index (χ0v) is 17.0. The number of nitrogen functional groups attached to an aromatic ring is 1. The van der Waals surface area contributed by atoms with Crippen LogP contribution in [-0.2, 0) is 9.53 Å².